The Kier molecular flexibility index (Phi) is 5.88. The van der Waals surface area contributed by atoms with Crippen LogP contribution in [0.1, 0.15) is 62.1 Å². The van der Waals surface area contributed by atoms with Crippen molar-refractivity contribution in [2.45, 2.75) is 57.2 Å². The molecule has 0 aliphatic heterocycles. The topological polar surface area (TPSA) is 47.9 Å². The van der Waals surface area contributed by atoms with E-state index in [4.69, 9.17) is 14.2 Å². The Morgan fingerprint density at radius 1 is 0.938 bits per heavy atom. The highest BCUT2D eigenvalue weighted by Gasteiger charge is 2.52. The molecular weight excluding hydrogens is 400 g/mol. The lowest BCUT2D eigenvalue weighted by atomic mass is 9.48. The first-order valence-electron chi connectivity index (χ1n) is 11.8. The molecule has 1 unspecified atom stereocenters. The van der Waals surface area contributed by atoms with E-state index >= 15 is 0 Å². The van der Waals surface area contributed by atoms with Crippen molar-refractivity contribution in [3.05, 3.63) is 59.2 Å². The summed E-state index contributed by atoms with van der Waals surface area (Å²) in [7, 11) is 1.63. The van der Waals surface area contributed by atoms with Gasteiger partial charge in [-0.2, -0.15) is 0 Å². The van der Waals surface area contributed by atoms with E-state index < -0.39 is 0 Å². The fraction of sp³-hybridized carbons (Fsp3) is 0.500. The van der Waals surface area contributed by atoms with Crippen LogP contribution in [0.25, 0.3) is 0 Å². The summed E-state index contributed by atoms with van der Waals surface area (Å²) in [6.07, 6.45) is 7.71. The summed E-state index contributed by atoms with van der Waals surface area (Å²) >= 11 is 0. The van der Waals surface area contributed by atoms with Crippen molar-refractivity contribution in [1.29, 1.82) is 0 Å². The second kappa shape index (κ2) is 8.81. The van der Waals surface area contributed by atoms with E-state index in [2.05, 4.69) is 24.0 Å². The smallest absolute Gasteiger partial charge is 0.191 e. The summed E-state index contributed by atoms with van der Waals surface area (Å²) in [6, 6.07) is 13.4. The number of methoxy groups -OCH3 is 1. The Morgan fingerprint density at radius 3 is 2.16 bits per heavy atom. The second-order valence-corrected chi connectivity index (χ2v) is 9.94. The molecule has 6 rings (SSSR count). The van der Waals surface area contributed by atoms with E-state index in [1.54, 1.807) is 19.2 Å². The van der Waals surface area contributed by atoms with Gasteiger partial charge in [-0.1, -0.05) is 11.8 Å². The average molecular weight is 433 g/mol. The molecule has 4 nitrogen and oxygen atoms in total. The molecule has 0 heterocycles. The number of hydrogen-bond donors (Lipinski definition) is 1. The molecule has 4 aliphatic carbocycles. The summed E-state index contributed by atoms with van der Waals surface area (Å²) < 4.78 is 17.0. The van der Waals surface area contributed by atoms with E-state index in [0.717, 1.165) is 34.6 Å². The van der Waals surface area contributed by atoms with Crippen LogP contribution >= 0.6 is 0 Å². The van der Waals surface area contributed by atoms with Gasteiger partial charge in [0, 0.05) is 23.8 Å². The molecule has 1 N–H and O–H groups in total. The van der Waals surface area contributed by atoms with E-state index in [-0.39, 0.29) is 24.2 Å². The minimum Gasteiger partial charge on any atom is -0.508 e. The molecule has 0 amide bonds. The van der Waals surface area contributed by atoms with Gasteiger partial charge in [0.2, 0.25) is 0 Å². The zero-order chi connectivity index (χ0) is 22.1. The number of benzene rings is 2. The summed E-state index contributed by atoms with van der Waals surface area (Å²) in [4.78, 5) is 0. The largest absolute Gasteiger partial charge is 0.508 e. The van der Waals surface area contributed by atoms with E-state index in [0.29, 0.717) is 0 Å². The maximum absolute atomic E-state index is 9.50. The van der Waals surface area contributed by atoms with Gasteiger partial charge in [0.1, 0.15) is 11.5 Å². The van der Waals surface area contributed by atoms with Crippen LogP contribution < -0.4 is 4.74 Å². The predicted molar refractivity (Wildman–Crippen MR) is 123 cm³/mol. The molecule has 4 aliphatic rings. The third-order valence-corrected chi connectivity index (χ3v) is 7.66. The van der Waals surface area contributed by atoms with E-state index in [1.807, 2.05) is 25.1 Å². The molecule has 2 aromatic rings. The monoisotopic (exact) mass is 432 g/mol. The SMILES string of the molecule is COC(C)OCOc1ccc(C#Cc2ccc(O)cc2)cc1C12CC3CC(CC(C3)C1)C2. The Balaban J connectivity index is 1.46. The molecule has 4 fully saturated rings. The standard InChI is InChI=1S/C28H32O4/c1-19(30-2)31-18-32-27-10-7-21(4-3-20-5-8-25(29)9-6-20)14-26(27)28-15-22-11-23(16-28)13-24(12-22)17-28/h5-10,14,19,22-24,29H,11-13,15-18H2,1-2H3. The highest BCUT2D eigenvalue weighted by Crippen LogP contribution is 2.61. The van der Waals surface area contributed by atoms with Gasteiger partial charge in [0.05, 0.1) is 0 Å². The third kappa shape index (κ3) is 4.37. The Labute approximate surface area is 190 Å². The molecule has 4 heteroatoms. The number of phenols is 1. The van der Waals surface area contributed by atoms with Gasteiger partial charge in [0.15, 0.2) is 13.1 Å². The molecular formula is C28H32O4. The summed E-state index contributed by atoms with van der Waals surface area (Å²) in [5, 5.41) is 9.50. The summed E-state index contributed by atoms with van der Waals surface area (Å²) in [5.41, 5.74) is 3.40. The van der Waals surface area contributed by atoms with Crippen molar-refractivity contribution < 1.29 is 19.3 Å². The van der Waals surface area contributed by atoms with Crippen molar-refractivity contribution in [2.75, 3.05) is 13.9 Å². The minimum atomic E-state index is -0.298. The predicted octanol–water partition coefficient (Wildman–Crippen LogP) is 5.61. The lowest BCUT2D eigenvalue weighted by Gasteiger charge is -2.57. The number of hydrogen-bond acceptors (Lipinski definition) is 4. The molecule has 0 radical (unpaired) electrons. The number of phenolic OH excluding ortho intramolecular Hbond substituents is 1. The van der Waals surface area contributed by atoms with Gasteiger partial charge in [-0.15, -0.1) is 0 Å². The van der Waals surface area contributed by atoms with Gasteiger partial charge < -0.3 is 19.3 Å². The summed E-state index contributed by atoms with van der Waals surface area (Å²) in [6.45, 7) is 2.04. The molecule has 0 saturated heterocycles. The number of ether oxygens (including phenoxy) is 3. The second-order valence-electron chi connectivity index (χ2n) is 9.94. The molecule has 32 heavy (non-hydrogen) atoms. The van der Waals surface area contributed by atoms with Crippen LogP contribution in [0.5, 0.6) is 11.5 Å². The van der Waals surface area contributed by atoms with Crippen LogP contribution in [-0.4, -0.2) is 25.3 Å². The molecule has 168 valence electrons. The molecule has 4 saturated carbocycles. The van der Waals surface area contributed by atoms with Crippen LogP contribution in [0.2, 0.25) is 0 Å². The quantitative estimate of drug-likeness (QED) is 0.476. The molecule has 2 aromatic carbocycles. The Hall–Kier alpha value is -2.48. The van der Waals surface area contributed by atoms with E-state index in [1.165, 1.54) is 44.1 Å². The number of rotatable bonds is 6. The third-order valence-electron chi connectivity index (χ3n) is 7.66. The maximum Gasteiger partial charge on any atom is 0.191 e. The minimum absolute atomic E-state index is 0.174. The first-order chi connectivity index (χ1) is 15.5. The fourth-order valence-corrected chi connectivity index (χ4v) is 6.54. The lowest BCUT2D eigenvalue weighted by molar-refractivity contribution is -0.150. The van der Waals surface area contributed by atoms with Crippen molar-refractivity contribution in [2.24, 2.45) is 17.8 Å². The van der Waals surface area contributed by atoms with Crippen LogP contribution in [0.4, 0.5) is 0 Å². The van der Waals surface area contributed by atoms with Gasteiger partial charge >= 0.3 is 0 Å². The molecule has 1 atom stereocenters. The lowest BCUT2D eigenvalue weighted by Crippen LogP contribution is -2.48. The highest BCUT2D eigenvalue weighted by atomic mass is 16.7. The van der Waals surface area contributed by atoms with Crippen molar-refractivity contribution in [3.8, 4) is 23.3 Å². The van der Waals surface area contributed by atoms with Crippen molar-refractivity contribution in [1.82, 2.24) is 0 Å². The van der Waals surface area contributed by atoms with Gasteiger partial charge in [-0.3, -0.25) is 0 Å². The van der Waals surface area contributed by atoms with E-state index in [9.17, 15) is 5.11 Å². The first kappa shape index (κ1) is 21.4. The molecule has 4 bridgehead atoms. The molecule has 0 spiro atoms. The van der Waals surface area contributed by atoms with Crippen LogP contribution in [0.3, 0.4) is 0 Å². The average Bonchev–Trinajstić information content (AvgIpc) is 2.78. The van der Waals surface area contributed by atoms with Crippen LogP contribution in [-0.2, 0) is 14.9 Å². The highest BCUT2D eigenvalue weighted by molar-refractivity contribution is 5.51. The zero-order valence-electron chi connectivity index (χ0n) is 19.0. The van der Waals surface area contributed by atoms with Crippen molar-refractivity contribution >= 4 is 0 Å². The zero-order valence-corrected chi connectivity index (χ0v) is 19.0. The van der Waals surface area contributed by atoms with Crippen LogP contribution in [0, 0.1) is 29.6 Å². The first-order valence-corrected chi connectivity index (χ1v) is 11.8. The number of aromatic hydroxyl groups is 1. The van der Waals surface area contributed by atoms with Gasteiger partial charge in [0.25, 0.3) is 0 Å². The van der Waals surface area contributed by atoms with Crippen LogP contribution in [0.15, 0.2) is 42.5 Å². The normalized spacial score (nSPS) is 28.8. The molecule has 0 aromatic heterocycles. The fourth-order valence-electron chi connectivity index (χ4n) is 6.54. The summed E-state index contributed by atoms with van der Waals surface area (Å²) in [5.74, 6) is 10.3. The Bertz CT molecular complexity index is 979. The van der Waals surface area contributed by atoms with Gasteiger partial charge in [-0.05, 0) is 111 Å². The maximum atomic E-state index is 9.50. The Morgan fingerprint density at radius 2 is 1.53 bits per heavy atom. The van der Waals surface area contributed by atoms with Gasteiger partial charge in [-0.25, -0.2) is 0 Å². The van der Waals surface area contributed by atoms with Crippen molar-refractivity contribution in [3.63, 3.8) is 0 Å².